The van der Waals surface area contributed by atoms with Gasteiger partial charge in [-0.25, -0.2) is 0 Å². The Morgan fingerprint density at radius 1 is 1.08 bits per heavy atom. The van der Waals surface area contributed by atoms with E-state index in [1.165, 1.54) is 10.8 Å². The van der Waals surface area contributed by atoms with Gasteiger partial charge in [0.15, 0.2) is 5.78 Å². The second kappa shape index (κ2) is 5.36. The zero-order valence-corrected chi connectivity index (χ0v) is 12.6. The largest absolute Gasteiger partial charge is 0.394 e. The van der Waals surface area contributed by atoms with Crippen molar-refractivity contribution < 1.29 is 15.0 Å². The van der Waals surface area contributed by atoms with Crippen LogP contribution in [0.5, 0.6) is 0 Å². The van der Waals surface area contributed by atoms with Crippen molar-refractivity contribution in [2.45, 2.75) is 12.6 Å². The number of hydrogen-bond acceptors (Lipinski definition) is 5. The van der Waals surface area contributed by atoms with Gasteiger partial charge in [-0.15, -0.1) is 0 Å². The summed E-state index contributed by atoms with van der Waals surface area (Å²) in [6, 6.07) is 8.74. The first-order chi connectivity index (χ1) is 11.6. The van der Waals surface area contributed by atoms with Crippen molar-refractivity contribution in [1.82, 2.24) is 9.55 Å². The van der Waals surface area contributed by atoms with Crippen LogP contribution in [0, 0.1) is 0 Å². The molecule has 0 fully saturated rings. The summed E-state index contributed by atoms with van der Waals surface area (Å²) >= 11 is 0. The number of hydrogen-bond donors (Lipinski definition) is 2. The fourth-order valence-corrected chi connectivity index (χ4v) is 3.27. The zero-order chi connectivity index (χ0) is 16.8. The Bertz CT molecular complexity index is 1040. The standard InChI is InChI=1S/C18H14N2O4/c21-9-10(22)8-20-16-12-3-1-2-4-13(12)17(23)15(16)11-5-6-19-7-14(11)18(20)24/h1-7,10,21-22H,8-9H2/t10-/m0/s1. The summed E-state index contributed by atoms with van der Waals surface area (Å²) in [5.41, 5.74) is 1.79. The summed E-state index contributed by atoms with van der Waals surface area (Å²) in [4.78, 5) is 29.7. The summed E-state index contributed by atoms with van der Waals surface area (Å²) in [7, 11) is 0. The van der Waals surface area contributed by atoms with Gasteiger partial charge in [0.05, 0.1) is 35.9 Å². The van der Waals surface area contributed by atoms with E-state index in [1.54, 1.807) is 36.5 Å². The first-order valence-corrected chi connectivity index (χ1v) is 7.57. The van der Waals surface area contributed by atoms with E-state index in [1.807, 2.05) is 0 Å². The molecule has 6 nitrogen and oxygen atoms in total. The highest BCUT2D eigenvalue weighted by atomic mass is 16.3. The van der Waals surface area contributed by atoms with Crippen molar-refractivity contribution in [2.75, 3.05) is 6.61 Å². The van der Waals surface area contributed by atoms with E-state index in [4.69, 9.17) is 5.11 Å². The van der Waals surface area contributed by atoms with Crippen LogP contribution in [0.3, 0.4) is 0 Å². The van der Waals surface area contributed by atoms with Gasteiger partial charge >= 0.3 is 0 Å². The molecule has 0 unspecified atom stereocenters. The van der Waals surface area contributed by atoms with E-state index >= 15 is 0 Å². The van der Waals surface area contributed by atoms with E-state index < -0.39 is 12.7 Å². The van der Waals surface area contributed by atoms with Crippen LogP contribution in [-0.2, 0) is 6.54 Å². The molecule has 4 rings (SSSR count). The normalized spacial score (nSPS) is 13.8. The summed E-state index contributed by atoms with van der Waals surface area (Å²) in [6.07, 6.45) is 1.88. The predicted molar refractivity (Wildman–Crippen MR) is 88.0 cm³/mol. The highest BCUT2D eigenvalue weighted by Gasteiger charge is 2.32. The van der Waals surface area contributed by atoms with Crippen LogP contribution in [0.2, 0.25) is 0 Å². The molecule has 6 heteroatoms. The molecule has 0 saturated carbocycles. The summed E-state index contributed by atoms with van der Waals surface area (Å²) in [6.45, 7) is -0.563. The molecule has 120 valence electrons. The average Bonchev–Trinajstić information content (AvgIpc) is 2.92. The Morgan fingerprint density at radius 3 is 2.58 bits per heavy atom. The molecule has 1 aromatic carbocycles. The summed E-state index contributed by atoms with van der Waals surface area (Å²) < 4.78 is 1.37. The molecule has 0 amide bonds. The smallest absolute Gasteiger partial charge is 0.260 e. The fourth-order valence-electron chi connectivity index (χ4n) is 3.27. The zero-order valence-electron chi connectivity index (χ0n) is 12.6. The van der Waals surface area contributed by atoms with E-state index in [0.717, 1.165) is 0 Å². The van der Waals surface area contributed by atoms with Crippen LogP contribution < -0.4 is 5.56 Å². The molecule has 1 atom stereocenters. The number of aliphatic hydroxyl groups excluding tert-OH is 2. The van der Waals surface area contributed by atoms with Crippen molar-refractivity contribution in [3.8, 4) is 11.3 Å². The maximum Gasteiger partial charge on any atom is 0.260 e. The second-order valence-corrected chi connectivity index (χ2v) is 5.77. The molecule has 0 saturated heterocycles. The van der Waals surface area contributed by atoms with Gasteiger partial charge in [0.2, 0.25) is 0 Å². The molecule has 0 spiro atoms. The molecule has 2 heterocycles. The Balaban J connectivity index is 2.15. The minimum Gasteiger partial charge on any atom is -0.394 e. The molecule has 0 bridgehead atoms. The summed E-state index contributed by atoms with van der Waals surface area (Å²) in [5.74, 6) is -0.149. The monoisotopic (exact) mass is 322 g/mol. The van der Waals surface area contributed by atoms with Crippen LogP contribution in [0.15, 0.2) is 47.5 Å². The van der Waals surface area contributed by atoms with Crippen molar-refractivity contribution in [3.63, 3.8) is 0 Å². The Labute approximate surface area is 136 Å². The number of carbonyl (C=O) groups is 1. The molecular weight excluding hydrogens is 308 g/mol. The number of aliphatic hydroxyl groups is 2. The maximum absolute atomic E-state index is 12.9. The third-order valence-electron chi connectivity index (χ3n) is 4.33. The predicted octanol–water partition coefficient (Wildman–Crippen LogP) is 0.961. The molecular formula is C18H14N2O4. The molecule has 3 aromatic rings. The lowest BCUT2D eigenvalue weighted by Gasteiger charge is -2.16. The number of benzene rings is 1. The van der Waals surface area contributed by atoms with Gasteiger partial charge in [-0.05, 0) is 6.07 Å². The Kier molecular flexibility index (Phi) is 3.30. The Morgan fingerprint density at radius 2 is 1.83 bits per heavy atom. The number of fused-ring (bicyclic) bond motifs is 5. The van der Waals surface area contributed by atoms with Gasteiger partial charge in [0.25, 0.3) is 5.56 Å². The molecule has 2 N–H and O–H groups in total. The minimum atomic E-state index is -1.09. The van der Waals surface area contributed by atoms with E-state index in [2.05, 4.69) is 4.98 Å². The van der Waals surface area contributed by atoms with E-state index in [0.29, 0.717) is 33.2 Å². The van der Waals surface area contributed by atoms with Crippen LogP contribution >= 0.6 is 0 Å². The lowest BCUT2D eigenvalue weighted by molar-refractivity contribution is 0.0808. The van der Waals surface area contributed by atoms with Crippen molar-refractivity contribution in [3.05, 3.63) is 64.2 Å². The lowest BCUT2D eigenvalue weighted by Crippen LogP contribution is -2.30. The van der Waals surface area contributed by atoms with Gasteiger partial charge in [-0.3, -0.25) is 14.6 Å². The summed E-state index contributed by atoms with van der Waals surface area (Å²) in [5, 5.41) is 19.9. The van der Waals surface area contributed by atoms with Crippen LogP contribution in [-0.4, -0.2) is 38.3 Å². The number of ketones is 1. The molecule has 0 aliphatic heterocycles. The minimum absolute atomic E-state index is 0.0931. The van der Waals surface area contributed by atoms with Crippen LogP contribution in [0.1, 0.15) is 15.9 Å². The van der Waals surface area contributed by atoms with Crippen molar-refractivity contribution in [1.29, 1.82) is 0 Å². The van der Waals surface area contributed by atoms with Gasteiger partial charge in [0.1, 0.15) is 0 Å². The third-order valence-corrected chi connectivity index (χ3v) is 4.33. The number of rotatable bonds is 3. The quantitative estimate of drug-likeness (QED) is 0.586. The first kappa shape index (κ1) is 14.7. The van der Waals surface area contributed by atoms with Crippen molar-refractivity contribution >= 4 is 16.6 Å². The number of aromatic nitrogens is 2. The number of pyridine rings is 2. The van der Waals surface area contributed by atoms with Gasteiger partial charge in [0, 0.05) is 28.9 Å². The molecule has 1 aliphatic rings. The van der Waals surface area contributed by atoms with Gasteiger partial charge in [-0.1, -0.05) is 24.3 Å². The molecule has 0 radical (unpaired) electrons. The Hall–Kier alpha value is -2.83. The molecule has 1 aliphatic carbocycles. The van der Waals surface area contributed by atoms with E-state index in [-0.39, 0.29) is 17.9 Å². The molecule has 2 aromatic heterocycles. The highest BCUT2D eigenvalue weighted by Crippen LogP contribution is 2.38. The van der Waals surface area contributed by atoms with Crippen molar-refractivity contribution in [2.24, 2.45) is 0 Å². The first-order valence-electron chi connectivity index (χ1n) is 7.57. The lowest BCUT2D eigenvalue weighted by atomic mass is 10.0. The van der Waals surface area contributed by atoms with Gasteiger partial charge in [-0.2, -0.15) is 0 Å². The average molecular weight is 322 g/mol. The molecule has 24 heavy (non-hydrogen) atoms. The SMILES string of the molecule is O=C1c2ccccc2-c2c1c1ccncc1c(=O)n2C[C@H](O)CO. The van der Waals surface area contributed by atoms with Crippen LogP contribution in [0.25, 0.3) is 22.0 Å². The fraction of sp³-hybridized carbons (Fsp3) is 0.167. The van der Waals surface area contributed by atoms with E-state index in [9.17, 15) is 14.7 Å². The number of carbonyl (C=O) groups excluding carboxylic acids is 1. The third kappa shape index (κ3) is 1.94. The van der Waals surface area contributed by atoms with Gasteiger partial charge < -0.3 is 14.8 Å². The topological polar surface area (TPSA) is 92.4 Å². The van der Waals surface area contributed by atoms with Crippen LogP contribution in [0.4, 0.5) is 0 Å². The highest BCUT2D eigenvalue weighted by molar-refractivity contribution is 6.26. The second-order valence-electron chi connectivity index (χ2n) is 5.77. The maximum atomic E-state index is 12.9. The number of nitrogens with zero attached hydrogens (tertiary/aromatic N) is 2.